The van der Waals surface area contributed by atoms with Gasteiger partial charge in [0, 0.05) is 5.92 Å². The summed E-state index contributed by atoms with van der Waals surface area (Å²) in [4.78, 5) is 23.3. The van der Waals surface area contributed by atoms with E-state index in [2.05, 4.69) is 5.10 Å². The van der Waals surface area contributed by atoms with Crippen LogP contribution in [0, 0.1) is 5.92 Å². The molecule has 1 rings (SSSR count). The zero-order valence-corrected chi connectivity index (χ0v) is 13.7. The Hall–Kier alpha value is -1.89. The van der Waals surface area contributed by atoms with Crippen molar-refractivity contribution in [3.8, 4) is 5.75 Å². The van der Waals surface area contributed by atoms with Crippen molar-refractivity contribution in [3.05, 3.63) is 21.6 Å². The van der Waals surface area contributed by atoms with Gasteiger partial charge in [-0.1, -0.05) is 27.7 Å². The number of aliphatic carboxylic acids is 1. The molecular weight excluding hydrogens is 288 g/mol. The second-order valence-electron chi connectivity index (χ2n) is 6.02. The molecular formula is C15H24N2O5. The first-order chi connectivity index (χ1) is 10.1. The Morgan fingerprint density at radius 3 is 2.27 bits per heavy atom. The van der Waals surface area contributed by atoms with Crippen LogP contribution >= 0.6 is 0 Å². The summed E-state index contributed by atoms with van der Waals surface area (Å²) >= 11 is 0. The third-order valence-corrected chi connectivity index (χ3v) is 2.98. The lowest BCUT2D eigenvalue weighted by Gasteiger charge is -2.20. The van der Waals surface area contributed by atoms with Crippen LogP contribution in [0.15, 0.2) is 4.79 Å². The molecule has 0 bridgehead atoms. The van der Waals surface area contributed by atoms with Gasteiger partial charge in [-0.15, -0.1) is 0 Å². The van der Waals surface area contributed by atoms with Gasteiger partial charge in [0.25, 0.3) is 5.56 Å². The highest BCUT2D eigenvalue weighted by atomic mass is 16.5. The van der Waals surface area contributed by atoms with Crippen LogP contribution in [0.2, 0.25) is 0 Å². The van der Waals surface area contributed by atoms with Gasteiger partial charge in [0.2, 0.25) is 0 Å². The number of aliphatic hydroxyl groups excluding tert-OH is 1. The molecule has 1 heterocycles. The Morgan fingerprint density at radius 1 is 1.27 bits per heavy atom. The molecule has 124 valence electrons. The highest BCUT2D eigenvalue weighted by molar-refractivity contribution is 5.66. The molecule has 1 unspecified atom stereocenters. The Morgan fingerprint density at radius 2 is 1.86 bits per heavy atom. The van der Waals surface area contributed by atoms with E-state index in [1.165, 1.54) is 6.92 Å². The topological polar surface area (TPSA) is 102 Å². The highest BCUT2D eigenvalue weighted by Gasteiger charge is 2.24. The molecule has 0 aliphatic rings. The van der Waals surface area contributed by atoms with Crippen molar-refractivity contribution >= 4 is 5.97 Å². The SMILES string of the molecule is CC(C)COc1c(C(C)C)nn(CC(=O)O)c(=O)c1C(C)O. The second-order valence-corrected chi connectivity index (χ2v) is 6.02. The molecule has 1 atom stereocenters. The van der Waals surface area contributed by atoms with E-state index in [1.54, 1.807) is 0 Å². The van der Waals surface area contributed by atoms with Gasteiger partial charge in [-0.25, -0.2) is 4.68 Å². The largest absolute Gasteiger partial charge is 0.491 e. The molecule has 0 saturated carbocycles. The summed E-state index contributed by atoms with van der Waals surface area (Å²) in [6.07, 6.45) is -1.07. The zero-order valence-electron chi connectivity index (χ0n) is 13.7. The minimum Gasteiger partial charge on any atom is -0.491 e. The molecule has 0 saturated heterocycles. The van der Waals surface area contributed by atoms with Crippen LogP contribution in [0.5, 0.6) is 5.75 Å². The molecule has 0 radical (unpaired) electrons. The number of nitrogens with zero attached hydrogens (tertiary/aromatic N) is 2. The predicted octanol–water partition coefficient (Wildman–Crippen LogP) is 1.54. The van der Waals surface area contributed by atoms with E-state index in [9.17, 15) is 14.7 Å². The van der Waals surface area contributed by atoms with E-state index < -0.39 is 24.2 Å². The fraction of sp³-hybridized carbons (Fsp3) is 0.667. The normalized spacial score (nSPS) is 12.7. The molecule has 22 heavy (non-hydrogen) atoms. The average molecular weight is 312 g/mol. The van der Waals surface area contributed by atoms with Crippen LogP contribution in [0.1, 0.15) is 57.9 Å². The number of aliphatic hydroxyl groups is 1. The maximum absolute atomic E-state index is 12.4. The fourth-order valence-corrected chi connectivity index (χ4v) is 1.98. The summed E-state index contributed by atoms with van der Waals surface area (Å²) in [6, 6.07) is 0. The zero-order chi connectivity index (χ0) is 17.0. The third kappa shape index (κ3) is 4.30. The molecule has 0 aliphatic carbocycles. The van der Waals surface area contributed by atoms with Gasteiger partial charge in [0.15, 0.2) is 5.75 Å². The molecule has 0 aliphatic heterocycles. The lowest BCUT2D eigenvalue weighted by Crippen LogP contribution is -2.32. The number of hydrogen-bond acceptors (Lipinski definition) is 5. The number of ether oxygens (including phenoxy) is 1. The van der Waals surface area contributed by atoms with Crippen molar-refractivity contribution in [2.45, 2.75) is 53.2 Å². The van der Waals surface area contributed by atoms with E-state index in [0.717, 1.165) is 4.68 Å². The average Bonchev–Trinajstić information content (AvgIpc) is 2.37. The quantitative estimate of drug-likeness (QED) is 0.792. The van der Waals surface area contributed by atoms with Gasteiger partial charge in [-0.2, -0.15) is 5.10 Å². The second kappa shape index (κ2) is 7.40. The number of aromatic nitrogens is 2. The van der Waals surface area contributed by atoms with Crippen LogP contribution in [0.25, 0.3) is 0 Å². The molecule has 7 heteroatoms. The highest BCUT2D eigenvalue weighted by Crippen LogP contribution is 2.30. The predicted molar refractivity (Wildman–Crippen MR) is 81.2 cm³/mol. The molecule has 0 aromatic carbocycles. The lowest BCUT2D eigenvalue weighted by atomic mass is 10.0. The van der Waals surface area contributed by atoms with Crippen molar-refractivity contribution in [2.75, 3.05) is 6.61 Å². The van der Waals surface area contributed by atoms with Crippen LogP contribution in [0.3, 0.4) is 0 Å². The van der Waals surface area contributed by atoms with E-state index in [-0.39, 0.29) is 23.1 Å². The molecule has 0 fully saturated rings. The molecule has 0 spiro atoms. The molecule has 0 amide bonds. The Labute approximate surface area is 129 Å². The van der Waals surface area contributed by atoms with Crippen molar-refractivity contribution in [1.29, 1.82) is 0 Å². The summed E-state index contributed by atoms with van der Waals surface area (Å²) in [5.41, 5.74) is -0.112. The van der Waals surface area contributed by atoms with Crippen LogP contribution < -0.4 is 10.3 Å². The summed E-state index contributed by atoms with van der Waals surface area (Å²) < 4.78 is 6.57. The van der Waals surface area contributed by atoms with Crippen LogP contribution in [-0.4, -0.2) is 32.6 Å². The fourth-order valence-electron chi connectivity index (χ4n) is 1.98. The summed E-state index contributed by atoms with van der Waals surface area (Å²) in [7, 11) is 0. The molecule has 1 aromatic heterocycles. The van der Waals surface area contributed by atoms with Gasteiger partial charge in [0.05, 0.1) is 18.3 Å². The smallest absolute Gasteiger partial charge is 0.325 e. The van der Waals surface area contributed by atoms with E-state index >= 15 is 0 Å². The monoisotopic (exact) mass is 312 g/mol. The number of rotatable bonds is 7. The number of carboxylic acids is 1. The Kier molecular flexibility index (Phi) is 6.11. The molecule has 2 N–H and O–H groups in total. The first-order valence-electron chi connectivity index (χ1n) is 7.32. The van der Waals surface area contributed by atoms with E-state index in [1.807, 2.05) is 27.7 Å². The first kappa shape index (κ1) is 18.2. The van der Waals surface area contributed by atoms with Gasteiger partial charge < -0.3 is 14.9 Å². The van der Waals surface area contributed by atoms with E-state index in [4.69, 9.17) is 9.84 Å². The molecule has 1 aromatic rings. The van der Waals surface area contributed by atoms with Crippen molar-refractivity contribution in [2.24, 2.45) is 5.92 Å². The van der Waals surface area contributed by atoms with Gasteiger partial charge in [-0.3, -0.25) is 9.59 Å². The van der Waals surface area contributed by atoms with Crippen molar-refractivity contribution in [1.82, 2.24) is 9.78 Å². The summed E-state index contributed by atoms with van der Waals surface area (Å²) in [5, 5.41) is 23.0. The lowest BCUT2D eigenvalue weighted by molar-refractivity contribution is -0.138. The minimum atomic E-state index is -1.17. The van der Waals surface area contributed by atoms with E-state index in [0.29, 0.717) is 12.3 Å². The van der Waals surface area contributed by atoms with Crippen molar-refractivity contribution < 1.29 is 19.7 Å². The Balaban J connectivity index is 3.53. The third-order valence-electron chi connectivity index (χ3n) is 2.98. The maximum Gasteiger partial charge on any atom is 0.325 e. The van der Waals surface area contributed by atoms with Crippen molar-refractivity contribution in [3.63, 3.8) is 0 Å². The van der Waals surface area contributed by atoms with Gasteiger partial charge in [0.1, 0.15) is 12.2 Å². The number of hydrogen-bond donors (Lipinski definition) is 2. The number of carboxylic acid groups (broad SMARTS) is 1. The Bertz CT molecular complexity index is 590. The van der Waals surface area contributed by atoms with Gasteiger partial charge >= 0.3 is 5.97 Å². The maximum atomic E-state index is 12.4. The number of carbonyl (C=O) groups is 1. The van der Waals surface area contributed by atoms with Crippen LogP contribution in [0.4, 0.5) is 0 Å². The first-order valence-corrected chi connectivity index (χ1v) is 7.32. The standard InChI is InChI=1S/C15H24N2O5/c1-8(2)7-22-14-12(10(5)18)15(21)17(6-11(19)20)16-13(14)9(3)4/h8-10,18H,6-7H2,1-5H3,(H,19,20). The van der Waals surface area contributed by atoms with Crippen LogP contribution in [-0.2, 0) is 11.3 Å². The summed E-state index contributed by atoms with van der Waals surface area (Å²) in [6.45, 7) is 8.95. The van der Waals surface area contributed by atoms with Gasteiger partial charge in [-0.05, 0) is 12.8 Å². The minimum absolute atomic E-state index is 0.0561. The summed E-state index contributed by atoms with van der Waals surface area (Å²) in [5.74, 6) is -0.745. The molecule has 7 nitrogen and oxygen atoms in total.